The van der Waals surface area contributed by atoms with Crippen molar-refractivity contribution in [1.82, 2.24) is 14.9 Å². The SMILES string of the molecule is COc1ccc(-c2nnc(SCC(=O)Nc3cc(Cl)cc(Cl)c3)n2N)cc1OC. The summed E-state index contributed by atoms with van der Waals surface area (Å²) >= 11 is 13.0. The molecular weight excluding hydrogens is 437 g/mol. The second-order valence-electron chi connectivity index (χ2n) is 5.74. The number of nitrogens with two attached hydrogens (primary N) is 1. The van der Waals surface area contributed by atoms with Crippen LogP contribution in [0.1, 0.15) is 0 Å². The Kier molecular flexibility index (Phi) is 6.73. The molecule has 0 spiro atoms. The van der Waals surface area contributed by atoms with Crippen LogP contribution in [0.5, 0.6) is 11.5 Å². The fraction of sp³-hybridized carbons (Fsp3) is 0.167. The Morgan fingerprint density at radius 1 is 1.10 bits per heavy atom. The number of nitrogens with zero attached hydrogens (tertiary/aromatic N) is 3. The van der Waals surface area contributed by atoms with Gasteiger partial charge in [-0.15, -0.1) is 10.2 Å². The lowest BCUT2D eigenvalue weighted by atomic mass is 10.2. The van der Waals surface area contributed by atoms with Crippen LogP contribution < -0.4 is 20.6 Å². The Morgan fingerprint density at radius 2 is 1.79 bits per heavy atom. The smallest absolute Gasteiger partial charge is 0.234 e. The lowest BCUT2D eigenvalue weighted by Gasteiger charge is -2.09. The molecule has 0 atom stereocenters. The van der Waals surface area contributed by atoms with E-state index in [2.05, 4.69) is 15.5 Å². The Labute approximate surface area is 181 Å². The van der Waals surface area contributed by atoms with Crippen molar-refractivity contribution in [3.63, 3.8) is 0 Å². The molecule has 1 aromatic heterocycles. The van der Waals surface area contributed by atoms with Gasteiger partial charge in [0.2, 0.25) is 11.1 Å². The molecule has 0 radical (unpaired) electrons. The van der Waals surface area contributed by atoms with E-state index in [0.717, 1.165) is 11.8 Å². The van der Waals surface area contributed by atoms with Crippen molar-refractivity contribution < 1.29 is 14.3 Å². The standard InChI is InChI=1S/C18H17Cl2N5O3S/c1-27-14-4-3-10(5-15(14)28-2)17-23-24-18(25(17)21)29-9-16(26)22-13-7-11(19)6-12(20)8-13/h3-8H,9,21H2,1-2H3,(H,22,26). The topological polar surface area (TPSA) is 104 Å². The third kappa shape index (κ3) is 5.06. The molecule has 0 aliphatic carbocycles. The summed E-state index contributed by atoms with van der Waals surface area (Å²) < 4.78 is 11.8. The lowest BCUT2D eigenvalue weighted by Crippen LogP contribution is -2.16. The number of ether oxygens (including phenoxy) is 2. The molecule has 3 aromatic rings. The van der Waals surface area contributed by atoms with Crippen LogP contribution in [-0.4, -0.2) is 40.8 Å². The summed E-state index contributed by atoms with van der Waals surface area (Å²) in [5.41, 5.74) is 1.20. The van der Waals surface area contributed by atoms with Gasteiger partial charge in [0.1, 0.15) is 0 Å². The second-order valence-corrected chi connectivity index (χ2v) is 7.56. The Bertz CT molecular complexity index is 1020. The van der Waals surface area contributed by atoms with Gasteiger partial charge in [-0.2, -0.15) is 0 Å². The summed E-state index contributed by atoms with van der Waals surface area (Å²) in [6.07, 6.45) is 0. The zero-order valence-electron chi connectivity index (χ0n) is 15.5. The number of hydrogen-bond acceptors (Lipinski definition) is 7. The minimum atomic E-state index is -0.260. The number of nitrogen functional groups attached to an aromatic ring is 1. The van der Waals surface area contributed by atoms with Crippen molar-refractivity contribution >= 4 is 46.6 Å². The molecule has 2 aromatic carbocycles. The van der Waals surface area contributed by atoms with Gasteiger partial charge in [0.25, 0.3) is 0 Å². The summed E-state index contributed by atoms with van der Waals surface area (Å²) in [6.45, 7) is 0. The summed E-state index contributed by atoms with van der Waals surface area (Å²) in [5.74, 6) is 7.48. The highest BCUT2D eigenvalue weighted by molar-refractivity contribution is 7.99. The molecule has 0 unspecified atom stereocenters. The van der Waals surface area contributed by atoms with Crippen LogP contribution in [0.25, 0.3) is 11.4 Å². The molecule has 11 heteroatoms. The van der Waals surface area contributed by atoms with Crippen LogP contribution in [0.3, 0.4) is 0 Å². The summed E-state index contributed by atoms with van der Waals surface area (Å²) in [7, 11) is 3.10. The number of nitrogens with one attached hydrogen (secondary N) is 1. The van der Waals surface area contributed by atoms with Gasteiger partial charge in [0, 0.05) is 21.3 Å². The number of aromatic nitrogens is 3. The van der Waals surface area contributed by atoms with Crippen molar-refractivity contribution in [2.75, 3.05) is 31.1 Å². The van der Waals surface area contributed by atoms with Crippen molar-refractivity contribution in [2.45, 2.75) is 5.16 Å². The van der Waals surface area contributed by atoms with Crippen molar-refractivity contribution in [3.8, 4) is 22.9 Å². The van der Waals surface area contributed by atoms with Crippen LogP contribution in [0.2, 0.25) is 10.0 Å². The maximum Gasteiger partial charge on any atom is 0.234 e. The van der Waals surface area contributed by atoms with E-state index in [0.29, 0.717) is 43.8 Å². The molecule has 0 aliphatic heterocycles. The third-order valence-corrected chi connectivity index (χ3v) is 5.16. The number of halogens is 2. The van der Waals surface area contributed by atoms with Gasteiger partial charge in [-0.3, -0.25) is 4.79 Å². The predicted octanol–water partition coefficient (Wildman–Crippen LogP) is 3.71. The number of methoxy groups -OCH3 is 2. The van der Waals surface area contributed by atoms with Gasteiger partial charge in [-0.1, -0.05) is 35.0 Å². The quantitative estimate of drug-likeness (QED) is 0.414. The molecule has 3 rings (SSSR count). The van der Waals surface area contributed by atoms with Crippen LogP contribution in [0, 0.1) is 0 Å². The summed E-state index contributed by atoms with van der Waals surface area (Å²) in [5, 5.41) is 12.1. The van der Waals surface area contributed by atoms with Gasteiger partial charge < -0.3 is 20.6 Å². The van der Waals surface area contributed by atoms with E-state index >= 15 is 0 Å². The van der Waals surface area contributed by atoms with Crippen LogP contribution in [0.15, 0.2) is 41.6 Å². The minimum Gasteiger partial charge on any atom is -0.493 e. The Hall–Kier alpha value is -2.62. The molecule has 1 heterocycles. The normalized spacial score (nSPS) is 10.6. The highest BCUT2D eigenvalue weighted by atomic mass is 35.5. The number of rotatable bonds is 7. The van der Waals surface area contributed by atoms with Gasteiger partial charge in [-0.25, -0.2) is 4.68 Å². The van der Waals surface area contributed by atoms with Gasteiger partial charge in [-0.05, 0) is 36.4 Å². The first kappa shape index (κ1) is 21.1. The Morgan fingerprint density at radius 3 is 2.45 bits per heavy atom. The van der Waals surface area contributed by atoms with E-state index in [9.17, 15) is 4.79 Å². The first-order chi connectivity index (χ1) is 13.9. The van der Waals surface area contributed by atoms with E-state index in [1.807, 2.05) is 0 Å². The van der Waals surface area contributed by atoms with Crippen molar-refractivity contribution in [2.24, 2.45) is 0 Å². The molecule has 1 amide bonds. The molecule has 152 valence electrons. The molecule has 0 saturated heterocycles. The zero-order valence-corrected chi connectivity index (χ0v) is 17.8. The average Bonchev–Trinajstić information content (AvgIpc) is 3.05. The maximum atomic E-state index is 12.2. The van der Waals surface area contributed by atoms with E-state index in [4.69, 9.17) is 38.5 Å². The first-order valence-corrected chi connectivity index (χ1v) is 9.97. The van der Waals surface area contributed by atoms with Crippen LogP contribution in [0.4, 0.5) is 5.69 Å². The Balaban J connectivity index is 1.69. The van der Waals surface area contributed by atoms with Crippen molar-refractivity contribution in [1.29, 1.82) is 0 Å². The van der Waals surface area contributed by atoms with Crippen molar-refractivity contribution in [3.05, 3.63) is 46.4 Å². The maximum absolute atomic E-state index is 12.2. The average molecular weight is 454 g/mol. The number of benzene rings is 2. The number of amides is 1. The highest BCUT2D eigenvalue weighted by Crippen LogP contribution is 2.32. The largest absolute Gasteiger partial charge is 0.493 e. The van der Waals surface area contributed by atoms with E-state index in [-0.39, 0.29) is 11.7 Å². The minimum absolute atomic E-state index is 0.0748. The number of hydrogen-bond donors (Lipinski definition) is 2. The molecule has 3 N–H and O–H groups in total. The van der Waals surface area contributed by atoms with Gasteiger partial charge in [0.15, 0.2) is 17.3 Å². The fourth-order valence-corrected chi connectivity index (χ4v) is 3.68. The summed E-state index contributed by atoms with van der Waals surface area (Å²) in [6, 6.07) is 10.1. The van der Waals surface area contributed by atoms with E-state index in [1.54, 1.807) is 50.6 Å². The van der Waals surface area contributed by atoms with E-state index in [1.165, 1.54) is 4.68 Å². The molecule has 0 saturated carbocycles. The number of carbonyl (C=O) groups is 1. The summed E-state index contributed by atoms with van der Waals surface area (Å²) in [4.78, 5) is 12.2. The number of carbonyl (C=O) groups excluding carboxylic acids is 1. The molecular formula is C18H17Cl2N5O3S. The first-order valence-electron chi connectivity index (χ1n) is 8.23. The van der Waals surface area contributed by atoms with Gasteiger partial charge >= 0.3 is 0 Å². The monoisotopic (exact) mass is 453 g/mol. The van der Waals surface area contributed by atoms with Crippen LogP contribution in [-0.2, 0) is 4.79 Å². The number of thioether (sulfide) groups is 1. The molecule has 0 bridgehead atoms. The highest BCUT2D eigenvalue weighted by Gasteiger charge is 2.16. The molecule has 0 aliphatic rings. The fourth-order valence-electron chi connectivity index (χ4n) is 2.50. The lowest BCUT2D eigenvalue weighted by molar-refractivity contribution is -0.113. The van der Waals surface area contributed by atoms with Gasteiger partial charge in [0.05, 0.1) is 20.0 Å². The molecule has 0 fully saturated rings. The zero-order chi connectivity index (χ0) is 21.0. The number of anilines is 1. The van der Waals surface area contributed by atoms with Crippen LogP contribution >= 0.6 is 35.0 Å². The second kappa shape index (κ2) is 9.25. The molecule has 29 heavy (non-hydrogen) atoms. The predicted molar refractivity (Wildman–Crippen MR) is 115 cm³/mol. The molecule has 8 nitrogen and oxygen atoms in total. The third-order valence-electron chi connectivity index (χ3n) is 3.78. The van der Waals surface area contributed by atoms with E-state index < -0.39 is 0 Å².